The van der Waals surface area contributed by atoms with Crippen molar-refractivity contribution >= 4 is 11.8 Å². The molecule has 2 aromatic carbocycles. The molecule has 3 aromatic rings. The largest absolute Gasteiger partial charge is 0.365 e. The average molecular weight is 453 g/mol. The molecular formula is C23H21F2N5O3. The van der Waals surface area contributed by atoms with Gasteiger partial charge in [-0.05, 0) is 23.8 Å². The summed E-state index contributed by atoms with van der Waals surface area (Å²) in [5.41, 5.74) is 1.99. The van der Waals surface area contributed by atoms with E-state index in [0.717, 1.165) is 17.7 Å². The first-order valence-electron chi connectivity index (χ1n) is 10.6. The van der Waals surface area contributed by atoms with Crippen LogP contribution in [0.25, 0.3) is 0 Å². The molecule has 5 rings (SSSR count). The van der Waals surface area contributed by atoms with Gasteiger partial charge in [-0.1, -0.05) is 35.5 Å². The van der Waals surface area contributed by atoms with Crippen molar-refractivity contribution in [2.75, 3.05) is 26.2 Å². The first kappa shape index (κ1) is 21.2. The number of ether oxygens (including phenoxy) is 1. The van der Waals surface area contributed by atoms with Gasteiger partial charge in [0, 0.05) is 31.7 Å². The Hall–Kier alpha value is -3.66. The summed E-state index contributed by atoms with van der Waals surface area (Å²) in [5.74, 6) is -2.73. The molecule has 3 heterocycles. The summed E-state index contributed by atoms with van der Waals surface area (Å²) in [6.07, 6.45) is -0.158. The fourth-order valence-corrected chi connectivity index (χ4v) is 4.12. The summed E-state index contributed by atoms with van der Waals surface area (Å²) in [4.78, 5) is 28.8. The molecule has 0 N–H and O–H groups in total. The number of hydrogen-bond acceptors (Lipinski definition) is 5. The van der Waals surface area contributed by atoms with Gasteiger partial charge in [-0.3, -0.25) is 9.59 Å². The molecule has 0 saturated carbocycles. The number of piperazine rings is 1. The third-order valence-corrected chi connectivity index (χ3v) is 5.99. The third-order valence-electron chi connectivity index (χ3n) is 5.99. The number of benzene rings is 2. The summed E-state index contributed by atoms with van der Waals surface area (Å²) < 4.78 is 34.3. The molecule has 1 aromatic heterocycles. The minimum atomic E-state index is -1.07. The SMILES string of the molecule is O=C(c1ccc(F)c(F)c1)N1CCN(C(=O)c2nnn3c2CO[C@@H](c2ccccc2)C3)CC1. The number of aromatic nitrogens is 3. The molecule has 1 atom stereocenters. The van der Waals surface area contributed by atoms with Crippen LogP contribution in [-0.2, 0) is 17.9 Å². The molecule has 0 radical (unpaired) electrons. The molecule has 0 bridgehead atoms. The van der Waals surface area contributed by atoms with Crippen LogP contribution >= 0.6 is 0 Å². The van der Waals surface area contributed by atoms with Crippen LogP contribution in [0.15, 0.2) is 48.5 Å². The Morgan fingerprint density at radius 3 is 2.30 bits per heavy atom. The Morgan fingerprint density at radius 1 is 0.909 bits per heavy atom. The number of carbonyl (C=O) groups excluding carboxylic acids is 2. The maximum atomic E-state index is 13.5. The summed E-state index contributed by atoms with van der Waals surface area (Å²) in [6.45, 7) is 1.85. The van der Waals surface area contributed by atoms with Gasteiger partial charge in [0.05, 0.1) is 18.8 Å². The van der Waals surface area contributed by atoms with Gasteiger partial charge in [-0.15, -0.1) is 5.10 Å². The van der Waals surface area contributed by atoms with Gasteiger partial charge in [0.15, 0.2) is 17.3 Å². The minimum Gasteiger partial charge on any atom is -0.365 e. The van der Waals surface area contributed by atoms with Crippen LogP contribution in [0, 0.1) is 11.6 Å². The molecule has 170 valence electrons. The lowest BCUT2D eigenvalue weighted by Gasteiger charge is -2.34. The van der Waals surface area contributed by atoms with Gasteiger partial charge in [-0.25, -0.2) is 13.5 Å². The molecule has 33 heavy (non-hydrogen) atoms. The van der Waals surface area contributed by atoms with E-state index >= 15 is 0 Å². The van der Waals surface area contributed by atoms with Crippen LogP contribution in [0.4, 0.5) is 8.78 Å². The maximum Gasteiger partial charge on any atom is 0.276 e. The van der Waals surface area contributed by atoms with E-state index in [2.05, 4.69) is 10.3 Å². The van der Waals surface area contributed by atoms with E-state index in [1.807, 2.05) is 30.3 Å². The fraction of sp³-hybridized carbons (Fsp3) is 0.304. The second-order valence-corrected chi connectivity index (χ2v) is 7.99. The first-order valence-corrected chi connectivity index (χ1v) is 10.6. The lowest BCUT2D eigenvalue weighted by atomic mass is 10.1. The van der Waals surface area contributed by atoms with E-state index in [4.69, 9.17) is 4.74 Å². The number of fused-ring (bicyclic) bond motifs is 1. The van der Waals surface area contributed by atoms with Crippen LogP contribution in [-0.4, -0.2) is 62.8 Å². The highest BCUT2D eigenvalue weighted by Gasteiger charge is 2.32. The molecule has 2 aliphatic rings. The highest BCUT2D eigenvalue weighted by molar-refractivity contribution is 5.95. The van der Waals surface area contributed by atoms with Crippen LogP contribution in [0.3, 0.4) is 0 Å². The molecule has 2 aliphatic heterocycles. The molecule has 1 fully saturated rings. The number of carbonyl (C=O) groups is 2. The van der Waals surface area contributed by atoms with Crippen molar-refractivity contribution in [2.45, 2.75) is 19.3 Å². The van der Waals surface area contributed by atoms with Crippen molar-refractivity contribution < 1.29 is 23.1 Å². The second kappa shape index (κ2) is 8.70. The van der Waals surface area contributed by atoms with Crippen molar-refractivity contribution in [1.82, 2.24) is 24.8 Å². The van der Waals surface area contributed by atoms with Crippen LogP contribution in [0.2, 0.25) is 0 Å². The number of halogens is 2. The molecule has 10 heteroatoms. The Bertz CT molecular complexity index is 1190. The zero-order chi connectivity index (χ0) is 22.9. The zero-order valence-corrected chi connectivity index (χ0v) is 17.7. The average Bonchev–Trinajstić information content (AvgIpc) is 3.29. The number of rotatable bonds is 3. The van der Waals surface area contributed by atoms with Crippen LogP contribution in [0.1, 0.15) is 38.2 Å². The van der Waals surface area contributed by atoms with E-state index in [1.165, 1.54) is 11.0 Å². The predicted octanol–water partition coefficient (Wildman–Crippen LogP) is 2.43. The third kappa shape index (κ3) is 4.09. The standard InChI is InChI=1S/C23H21F2N5O3/c24-17-7-6-16(12-18(17)25)22(31)28-8-10-29(11-9-28)23(32)21-19-14-33-20(13-30(19)27-26-21)15-4-2-1-3-5-15/h1-7,12,20H,8-11,13-14H2/t20-/m1/s1. The molecule has 1 saturated heterocycles. The van der Waals surface area contributed by atoms with Crippen molar-refractivity contribution in [3.8, 4) is 0 Å². The van der Waals surface area contributed by atoms with Gasteiger partial charge in [0.2, 0.25) is 0 Å². The Balaban J connectivity index is 1.23. The van der Waals surface area contributed by atoms with Crippen LogP contribution in [0.5, 0.6) is 0 Å². The van der Waals surface area contributed by atoms with E-state index in [9.17, 15) is 18.4 Å². The number of hydrogen-bond donors (Lipinski definition) is 0. The Morgan fingerprint density at radius 2 is 1.61 bits per heavy atom. The quantitative estimate of drug-likeness (QED) is 0.609. The minimum absolute atomic E-state index is 0.0752. The Kier molecular flexibility index (Phi) is 5.59. The lowest BCUT2D eigenvalue weighted by Crippen LogP contribution is -2.50. The fourth-order valence-electron chi connectivity index (χ4n) is 4.12. The van der Waals surface area contributed by atoms with Gasteiger partial charge in [0.25, 0.3) is 11.8 Å². The molecule has 0 unspecified atom stereocenters. The molecule has 0 spiro atoms. The molecule has 2 amide bonds. The lowest BCUT2D eigenvalue weighted by molar-refractivity contribution is -0.00202. The second-order valence-electron chi connectivity index (χ2n) is 7.99. The zero-order valence-electron chi connectivity index (χ0n) is 17.7. The van der Waals surface area contributed by atoms with Gasteiger partial charge in [0.1, 0.15) is 6.10 Å². The number of amides is 2. The van der Waals surface area contributed by atoms with Crippen molar-refractivity contribution in [1.29, 1.82) is 0 Å². The summed E-state index contributed by atoms with van der Waals surface area (Å²) in [6, 6.07) is 12.9. The van der Waals surface area contributed by atoms with E-state index < -0.39 is 17.5 Å². The summed E-state index contributed by atoms with van der Waals surface area (Å²) in [5, 5.41) is 8.26. The summed E-state index contributed by atoms with van der Waals surface area (Å²) >= 11 is 0. The molecule has 0 aliphatic carbocycles. The maximum absolute atomic E-state index is 13.5. The highest BCUT2D eigenvalue weighted by atomic mass is 19.2. The smallest absolute Gasteiger partial charge is 0.276 e. The Labute approximate surface area is 188 Å². The van der Waals surface area contributed by atoms with Gasteiger partial charge >= 0.3 is 0 Å². The monoisotopic (exact) mass is 453 g/mol. The van der Waals surface area contributed by atoms with E-state index in [1.54, 1.807) is 9.58 Å². The first-order chi connectivity index (χ1) is 16.0. The normalized spacial score (nSPS) is 18.2. The van der Waals surface area contributed by atoms with E-state index in [-0.39, 0.29) is 43.0 Å². The highest BCUT2D eigenvalue weighted by Crippen LogP contribution is 2.27. The predicted molar refractivity (Wildman–Crippen MR) is 112 cm³/mol. The van der Waals surface area contributed by atoms with Gasteiger partial charge in [-0.2, -0.15) is 0 Å². The molecule has 8 nitrogen and oxygen atoms in total. The van der Waals surface area contributed by atoms with Crippen molar-refractivity contribution in [2.24, 2.45) is 0 Å². The van der Waals surface area contributed by atoms with Crippen molar-refractivity contribution in [3.63, 3.8) is 0 Å². The number of nitrogens with zero attached hydrogens (tertiary/aromatic N) is 5. The van der Waals surface area contributed by atoms with E-state index in [0.29, 0.717) is 25.3 Å². The van der Waals surface area contributed by atoms with Crippen LogP contribution < -0.4 is 0 Å². The topological polar surface area (TPSA) is 80.6 Å². The van der Waals surface area contributed by atoms with Crippen molar-refractivity contribution in [3.05, 3.63) is 82.7 Å². The molecular weight excluding hydrogens is 432 g/mol. The summed E-state index contributed by atoms with van der Waals surface area (Å²) in [7, 11) is 0. The van der Waals surface area contributed by atoms with Gasteiger partial charge < -0.3 is 14.5 Å².